The highest BCUT2D eigenvalue weighted by atomic mass is 32.2. The van der Waals surface area contributed by atoms with Gasteiger partial charge >= 0.3 is 5.97 Å². The van der Waals surface area contributed by atoms with Crippen LogP contribution in [0.15, 0.2) is 30.5 Å². The lowest BCUT2D eigenvalue weighted by molar-refractivity contribution is 0.0603. The van der Waals surface area contributed by atoms with Gasteiger partial charge in [0, 0.05) is 29.9 Å². The van der Waals surface area contributed by atoms with Crippen LogP contribution in [0.3, 0.4) is 0 Å². The number of sulfone groups is 1. The monoisotopic (exact) mass is 295 g/mol. The van der Waals surface area contributed by atoms with Crippen molar-refractivity contribution in [1.82, 2.24) is 4.57 Å². The topological polar surface area (TPSA) is 65.4 Å². The van der Waals surface area contributed by atoms with Gasteiger partial charge in [0.15, 0.2) is 0 Å². The number of hydrogen-bond acceptors (Lipinski definition) is 4. The van der Waals surface area contributed by atoms with Gasteiger partial charge in [-0.1, -0.05) is 6.07 Å². The Kier molecular flexibility index (Phi) is 4.13. The molecule has 108 valence electrons. The Bertz CT molecular complexity index is 731. The Morgan fingerprint density at radius 1 is 1.30 bits per heavy atom. The highest BCUT2D eigenvalue weighted by molar-refractivity contribution is 7.90. The molecular formula is C14H17NO4S. The third-order valence-electron chi connectivity index (χ3n) is 3.13. The lowest BCUT2D eigenvalue weighted by atomic mass is 10.1. The Morgan fingerprint density at radius 2 is 2.05 bits per heavy atom. The fourth-order valence-electron chi connectivity index (χ4n) is 2.20. The first kappa shape index (κ1) is 14.6. The number of methoxy groups -OCH3 is 1. The second-order valence-electron chi connectivity index (χ2n) is 4.72. The number of carbonyl (C=O) groups is 1. The summed E-state index contributed by atoms with van der Waals surface area (Å²) in [5.41, 5.74) is 1.42. The molecule has 1 aromatic carbocycles. The van der Waals surface area contributed by atoms with Crippen LogP contribution in [0.2, 0.25) is 0 Å². The summed E-state index contributed by atoms with van der Waals surface area (Å²) in [5.74, 6) is -0.215. The third-order valence-corrected chi connectivity index (χ3v) is 4.16. The Balaban J connectivity index is 2.26. The third kappa shape index (κ3) is 3.19. The molecule has 0 atom stereocenters. The number of aromatic nitrogens is 1. The van der Waals surface area contributed by atoms with Crippen molar-refractivity contribution in [3.63, 3.8) is 0 Å². The highest BCUT2D eigenvalue weighted by Crippen LogP contribution is 2.21. The fourth-order valence-corrected chi connectivity index (χ4v) is 2.86. The molecule has 0 aliphatic rings. The van der Waals surface area contributed by atoms with Crippen molar-refractivity contribution in [3.05, 3.63) is 36.0 Å². The van der Waals surface area contributed by atoms with Crippen LogP contribution in [0.4, 0.5) is 0 Å². The molecule has 0 bridgehead atoms. The molecule has 2 rings (SSSR count). The summed E-state index contributed by atoms with van der Waals surface area (Å²) in [6.45, 7) is 0.598. The van der Waals surface area contributed by atoms with Crippen molar-refractivity contribution in [1.29, 1.82) is 0 Å². The Morgan fingerprint density at radius 3 is 2.70 bits per heavy atom. The predicted octanol–water partition coefficient (Wildman–Crippen LogP) is 1.86. The standard InChI is InChI=1S/C14H17NO4S/c1-19-14(16)12-5-3-6-13-11(12)7-9-15(13)8-4-10-20(2,17)18/h3,5-7,9H,4,8,10H2,1-2H3. The summed E-state index contributed by atoms with van der Waals surface area (Å²) >= 11 is 0. The normalized spacial score (nSPS) is 11.7. The van der Waals surface area contributed by atoms with E-state index in [0.29, 0.717) is 18.5 Å². The van der Waals surface area contributed by atoms with Gasteiger partial charge in [-0.05, 0) is 24.6 Å². The van der Waals surface area contributed by atoms with Crippen LogP contribution in [-0.4, -0.2) is 38.1 Å². The van der Waals surface area contributed by atoms with E-state index in [1.54, 1.807) is 12.1 Å². The molecule has 0 spiro atoms. The molecule has 0 amide bonds. The van der Waals surface area contributed by atoms with Crippen molar-refractivity contribution in [3.8, 4) is 0 Å². The van der Waals surface area contributed by atoms with Crippen molar-refractivity contribution < 1.29 is 17.9 Å². The lowest BCUT2D eigenvalue weighted by Crippen LogP contribution is -2.07. The van der Waals surface area contributed by atoms with E-state index in [-0.39, 0.29) is 11.7 Å². The summed E-state index contributed by atoms with van der Waals surface area (Å²) in [4.78, 5) is 11.7. The van der Waals surface area contributed by atoms with Crippen LogP contribution in [0.5, 0.6) is 0 Å². The summed E-state index contributed by atoms with van der Waals surface area (Å²) < 4.78 is 29.0. The number of nitrogens with zero attached hydrogens (tertiary/aromatic N) is 1. The first-order chi connectivity index (χ1) is 9.42. The number of benzene rings is 1. The molecule has 6 heteroatoms. The molecule has 0 radical (unpaired) electrons. The lowest BCUT2D eigenvalue weighted by Gasteiger charge is -2.06. The zero-order valence-electron chi connectivity index (χ0n) is 11.5. The smallest absolute Gasteiger partial charge is 0.338 e. The minimum Gasteiger partial charge on any atom is -0.465 e. The minimum atomic E-state index is -2.94. The van der Waals surface area contributed by atoms with Gasteiger partial charge < -0.3 is 9.30 Å². The number of aryl methyl sites for hydroxylation is 1. The van der Waals surface area contributed by atoms with Gasteiger partial charge in [-0.25, -0.2) is 13.2 Å². The van der Waals surface area contributed by atoms with Crippen molar-refractivity contribution in [2.75, 3.05) is 19.1 Å². The zero-order chi connectivity index (χ0) is 14.8. The van der Waals surface area contributed by atoms with E-state index in [9.17, 15) is 13.2 Å². The molecule has 1 aromatic heterocycles. The van der Waals surface area contributed by atoms with Crippen LogP contribution in [0, 0.1) is 0 Å². The van der Waals surface area contributed by atoms with Gasteiger partial charge in [0.05, 0.1) is 18.4 Å². The average Bonchev–Trinajstić information content (AvgIpc) is 2.80. The van der Waals surface area contributed by atoms with Crippen molar-refractivity contribution >= 4 is 26.7 Å². The van der Waals surface area contributed by atoms with Crippen molar-refractivity contribution in [2.45, 2.75) is 13.0 Å². The first-order valence-corrected chi connectivity index (χ1v) is 8.32. The number of esters is 1. The van der Waals surface area contributed by atoms with Gasteiger partial charge in [-0.3, -0.25) is 0 Å². The van der Waals surface area contributed by atoms with E-state index in [4.69, 9.17) is 4.74 Å². The molecule has 0 N–H and O–H groups in total. The minimum absolute atomic E-state index is 0.156. The molecule has 2 aromatic rings. The maximum Gasteiger partial charge on any atom is 0.338 e. The van der Waals surface area contributed by atoms with Crippen LogP contribution >= 0.6 is 0 Å². The summed E-state index contributed by atoms with van der Waals surface area (Å²) in [5, 5.41) is 0.818. The van der Waals surface area contributed by atoms with Gasteiger partial charge in [0.25, 0.3) is 0 Å². The molecule has 0 fully saturated rings. The van der Waals surface area contributed by atoms with Gasteiger partial charge in [0.1, 0.15) is 9.84 Å². The first-order valence-electron chi connectivity index (χ1n) is 6.26. The molecule has 0 saturated carbocycles. The highest BCUT2D eigenvalue weighted by Gasteiger charge is 2.12. The van der Waals surface area contributed by atoms with Gasteiger partial charge in [-0.2, -0.15) is 0 Å². The van der Waals surface area contributed by atoms with Crippen LogP contribution < -0.4 is 0 Å². The number of rotatable bonds is 5. The van der Waals surface area contributed by atoms with Gasteiger partial charge in [0.2, 0.25) is 0 Å². The summed E-state index contributed by atoms with van der Waals surface area (Å²) in [6.07, 6.45) is 3.64. The van der Waals surface area contributed by atoms with Crippen LogP contribution in [0.25, 0.3) is 10.9 Å². The number of ether oxygens (including phenoxy) is 1. The van der Waals surface area contributed by atoms with Gasteiger partial charge in [-0.15, -0.1) is 0 Å². The SMILES string of the molecule is COC(=O)c1cccc2c1ccn2CCCS(C)(=O)=O. The van der Waals surface area contributed by atoms with E-state index in [1.807, 2.05) is 22.9 Å². The molecular weight excluding hydrogens is 278 g/mol. The van der Waals surface area contributed by atoms with E-state index >= 15 is 0 Å². The van der Waals surface area contributed by atoms with Crippen LogP contribution in [-0.2, 0) is 21.1 Å². The second-order valence-corrected chi connectivity index (χ2v) is 6.98. The molecule has 0 aliphatic heterocycles. The zero-order valence-corrected chi connectivity index (χ0v) is 12.3. The quantitative estimate of drug-likeness (QED) is 0.790. The summed E-state index contributed by atoms with van der Waals surface area (Å²) in [7, 11) is -1.59. The molecule has 5 nitrogen and oxygen atoms in total. The predicted molar refractivity (Wildman–Crippen MR) is 77.6 cm³/mol. The fraction of sp³-hybridized carbons (Fsp3) is 0.357. The maximum atomic E-state index is 11.7. The van der Waals surface area contributed by atoms with E-state index in [1.165, 1.54) is 13.4 Å². The summed E-state index contributed by atoms with van der Waals surface area (Å²) in [6, 6.07) is 7.26. The average molecular weight is 295 g/mol. The molecule has 0 unspecified atom stereocenters. The number of fused-ring (bicyclic) bond motifs is 1. The second kappa shape index (κ2) is 5.66. The largest absolute Gasteiger partial charge is 0.465 e. The number of hydrogen-bond donors (Lipinski definition) is 0. The van der Waals surface area contributed by atoms with Crippen molar-refractivity contribution in [2.24, 2.45) is 0 Å². The maximum absolute atomic E-state index is 11.7. The molecule has 20 heavy (non-hydrogen) atoms. The number of carbonyl (C=O) groups excluding carboxylic acids is 1. The Labute approximate surface area is 118 Å². The van der Waals surface area contributed by atoms with E-state index < -0.39 is 9.84 Å². The van der Waals surface area contributed by atoms with E-state index in [2.05, 4.69) is 0 Å². The molecule has 1 heterocycles. The Hall–Kier alpha value is -1.82. The van der Waals surface area contributed by atoms with Crippen LogP contribution in [0.1, 0.15) is 16.8 Å². The molecule has 0 aliphatic carbocycles. The molecule has 0 saturated heterocycles. The van der Waals surface area contributed by atoms with E-state index in [0.717, 1.165) is 10.9 Å².